The van der Waals surface area contributed by atoms with Gasteiger partial charge in [-0.05, 0) is 6.07 Å². The number of ketones is 1. The number of fused-ring (bicyclic) bond motifs is 2. The Labute approximate surface area is 151 Å². The van der Waals surface area contributed by atoms with E-state index in [1.807, 2.05) is 7.05 Å². The van der Waals surface area contributed by atoms with Crippen LogP contribution in [0.3, 0.4) is 0 Å². The Morgan fingerprint density at radius 3 is 2.42 bits per heavy atom. The normalized spacial score (nSPS) is 28.1. The smallest absolute Gasteiger partial charge is 0.205 e. The zero-order valence-electron chi connectivity index (χ0n) is 15.6. The summed E-state index contributed by atoms with van der Waals surface area (Å²) in [7, 11) is 6.86. The maximum Gasteiger partial charge on any atom is 0.205 e. The fourth-order valence-electron chi connectivity index (χ4n) is 4.08. The highest BCUT2D eigenvalue weighted by atomic mass is 16.7. The first-order valence-electron chi connectivity index (χ1n) is 8.73. The van der Waals surface area contributed by atoms with Crippen molar-refractivity contribution in [3.05, 3.63) is 17.9 Å². The molecule has 2 aliphatic rings. The Hall–Kier alpha value is -2.25. The molecule has 0 unspecified atom stereocenters. The molecular formula is C19H24NO6+. The third-order valence-corrected chi connectivity index (χ3v) is 5.79. The van der Waals surface area contributed by atoms with Gasteiger partial charge in [0, 0.05) is 12.8 Å². The van der Waals surface area contributed by atoms with E-state index in [9.17, 15) is 4.79 Å². The minimum absolute atomic E-state index is 0.0121. The van der Waals surface area contributed by atoms with Crippen molar-refractivity contribution < 1.29 is 32.9 Å². The highest BCUT2D eigenvalue weighted by Crippen LogP contribution is 2.52. The Morgan fingerprint density at radius 2 is 1.81 bits per heavy atom. The standard InChI is InChI=1S/C19H24NO6/c1-20(24-4)8-6-19(7-9-20)11-13(21)14-15(22-2)12-5-10-25-16(12)18(23-3)17(14)26-19/h5,10H,6-9,11H2,1-4H3/q+1. The van der Waals surface area contributed by atoms with Crippen LogP contribution in [-0.4, -0.2) is 57.5 Å². The summed E-state index contributed by atoms with van der Waals surface area (Å²) in [5.41, 5.74) is 0.429. The number of carbonyl (C=O) groups excluding carboxylic acids is 1. The first kappa shape index (κ1) is 17.2. The number of nitrogens with zero attached hydrogens (tertiary/aromatic N) is 1. The van der Waals surface area contributed by atoms with Crippen LogP contribution in [0.2, 0.25) is 0 Å². The number of benzene rings is 1. The largest absolute Gasteiger partial charge is 0.495 e. The summed E-state index contributed by atoms with van der Waals surface area (Å²) in [6.07, 6.45) is 3.34. The molecule has 0 bridgehead atoms. The summed E-state index contributed by atoms with van der Waals surface area (Å²) in [6.45, 7) is 1.56. The van der Waals surface area contributed by atoms with Crippen LogP contribution < -0.4 is 14.2 Å². The molecule has 1 saturated heterocycles. The van der Waals surface area contributed by atoms with Gasteiger partial charge in [0.1, 0.15) is 30.0 Å². The predicted molar refractivity (Wildman–Crippen MR) is 93.8 cm³/mol. The monoisotopic (exact) mass is 362 g/mol. The van der Waals surface area contributed by atoms with Crippen LogP contribution in [0.4, 0.5) is 0 Å². The Balaban J connectivity index is 1.83. The van der Waals surface area contributed by atoms with Crippen LogP contribution >= 0.6 is 0 Å². The quantitative estimate of drug-likeness (QED) is 0.782. The molecule has 0 N–H and O–H groups in total. The highest BCUT2D eigenvalue weighted by molar-refractivity contribution is 6.10. The lowest BCUT2D eigenvalue weighted by Gasteiger charge is -2.45. The highest BCUT2D eigenvalue weighted by Gasteiger charge is 2.49. The van der Waals surface area contributed by atoms with Gasteiger partial charge in [0.15, 0.2) is 17.1 Å². The van der Waals surface area contributed by atoms with Crippen molar-refractivity contribution in [3.63, 3.8) is 0 Å². The first-order valence-corrected chi connectivity index (χ1v) is 8.73. The van der Waals surface area contributed by atoms with Crippen LogP contribution in [0.1, 0.15) is 29.6 Å². The molecule has 0 saturated carbocycles. The van der Waals surface area contributed by atoms with Crippen LogP contribution in [0, 0.1) is 0 Å². The molecule has 0 radical (unpaired) electrons. The number of methoxy groups -OCH3 is 2. The number of carbonyl (C=O) groups is 1. The van der Waals surface area contributed by atoms with E-state index in [2.05, 4.69) is 0 Å². The van der Waals surface area contributed by atoms with Gasteiger partial charge in [0.05, 0.1) is 46.4 Å². The molecule has 1 spiro atoms. The lowest BCUT2D eigenvalue weighted by molar-refractivity contribution is -1.09. The summed E-state index contributed by atoms with van der Waals surface area (Å²) in [6, 6.07) is 1.77. The Bertz CT molecular complexity index is 863. The van der Waals surface area contributed by atoms with E-state index >= 15 is 0 Å². The van der Waals surface area contributed by atoms with Gasteiger partial charge in [-0.15, -0.1) is 0 Å². The van der Waals surface area contributed by atoms with Crippen LogP contribution in [-0.2, 0) is 4.84 Å². The van der Waals surface area contributed by atoms with Crippen molar-refractivity contribution in [2.24, 2.45) is 0 Å². The lowest BCUT2D eigenvalue weighted by Crippen LogP contribution is -2.57. The van der Waals surface area contributed by atoms with E-state index in [4.69, 9.17) is 23.5 Å². The molecule has 140 valence electrons. The van der Waals surface area contributed by atoms with Crippen LogP contribution in [0.25, 0.3) is 11.0 Å². The molecule has 4 rings (SSSR count). The minimum atomic E-state index is -0.543. The third-order valence-electron chi connectivity index (χ3n) is 5.79. The molecule has 26 heavy (non-hydrogen) atoms. The maximum atomic E-state index is 13.1. The van der Waals surface area contributed by atoms with Gasteiger partial charge in [0.2, 0.25) is 5.75 Å². The summed E-state index contributed by atoms with van der Waals surface area (Å²) in [5, 5.41) is 0.711. The van der Waals surface area contributed by atoms with Crippen molar-refractivity contribution in [1.82, 2.24) is 0 Å². The van der Waals surface area contributed by atoms with E-state index < -0.39 is 5.60 Å². The van der Waals surface area contributed by atoms with Crippen molar-refractivity contribution in [2.45, 2.75) is 24.9 Å². The number of hydrogen-bond acceptors (Lipinski definition) is 6. The molecular weight excluding hydrogens is 338 g/mol. The number of likely N-dealkylation sites (tertiary alicyclic amines) is 1. The van der Waals surface area contributed by atoms with E-state index in [1.165, 1.54) is 0 Å². The van der Waals surface area contributed by atoms with Crippen molar-refractivity contribution in [2.75, 3.05) is 41.5 Å². The number of rotatable bonds is 3. The molecule has 0 amide bonds. The van der Waals surface area contributed by atoms with Crippen molar-refractivity contribution >= 4 is 16.8 Å². The SMILES string of the molecule is COc1c2c(c(OC)c3occc13)OC1(CC[N+](C)(OC)CC1)CC2=O. The molecule has 0 aliphatic carbocycles. The number of piperidine rings is 1. The zero-order chi connectivity index (χ0) is 18.5. The molecule has 3 heterocycles. The van der Waals surface area contributed by atoms with E-state index in [0.717, 1.165) is 25.9 Å². The molecule has 7 nitrogen and oxygen atoms in total. The summed E-state index contributed by atoms with van der Waals surface area (Å²) in [5.74, 6) is 1.37. The van der Waals surface area contributed by atoms with Gasteiger partial charge in [-0.3, -0.25) is 4.79 Å². The summed E-state index contributed by atoms with van der Waals surface area (Å²) in [4.78, 5) is 18.7. The fourth-order valence-corrected chi connectivity index (χ4v) is 4.08. The van der Waals surface area contributed by atoms with E-state index in [0.29, 0.717) is 44.8 Å². The zero-order valence-corrected chi connectivity index (χ0v) is 15.6. The maximum absolute atomic E-state index is 13.1. The predicted octanol–water partition coefficient (Wildman–Crippen LogP) is 2.96. The van der Waals surface area contributed by atoms with Crippen molar-refractivity contribution in [3.8, 4) is 17.2 Å². The molecule has 7 heteroatoms. The molecule has 0 atom stereocenters. The van der Waals surface area contributed by atoms with Gasteiger partial charge in [-0.2, -0.15) is 4.65 Å². The molecule has 2 aromatic rings. The van der Waals surface area contributed by atoms with Gasteiger partial charge < -0.3 is 18.6 Å². The van der Waals surface area contributed by atoms with Gasteiger partial charge in [-0.25, -0.2) is 4.84 Å². The minimum Gasteiger partial charge on any atom is -0.495 e. The fraction of sp³-hybridized carbons (Fsp3) is 0.526. The molecule has 1 aromatic heterocycles. The molecule has 2 aliphatic heterocycles. The van der Waals surface area contributed by atoms with E-state index in [1.54, 1.807) is 33.7 Å². The number of hydroxylamine groups is 3. The number of Topliss-reactive ketones (excluding diaryl/α,β-unsaturated/α-hetero) is 1. The second-order valence-corrected chi connectivity index (χ2v) is 7.25. The van der Waals surface area contributed by atoms with Crippen LogP contribution in [0.5, 0.6) is 17.2 Å². The van der Waals surface area contributed by atoms with Gasteiger partial charge in [-0.1, -0.05) is 0 Å². The number of quaternary nitrogens is 1. The average Bonchev–Trinajstić information content (AvgIpc) is 3.12. The number of furan rings is 1. The Morgan fingerprint density at radius 1 is 1.12 bits per heavy atom. The van der Waals surface area contributed by atoms with Crippen LogP contribution in [0.15, 0.2) is 16.7 Å². The summed E-state index contributed by atoms with van der Waals surface area (Å²) < 4.78 is 23.7. The van der Waals surface area contributed by atoms with Gasteiger partial charge >= 0.3 is 0 Å². The second kappa shape index (κ2) is 5.89. The molecule has 1 aromatic carbocycles. The van der Waals surface area contributed by atoms with E-state index in [-0.39, 0.29) is 5.78 Å². The summed E-state index contributed by atoms with van der Waals surface area (Å²) >= 11 is 0. The number of ether oxygens (including phenoxy) is 3. The third kappa shape index (κ3) is 2.38. The average molecular weight is 362 g/mol. The van der Waals surface area contributed by atoms with Crippen molar-refractivity contribution in [1.29, 1.82) is 0 Å². The van der Waals surface area contributed by atoms with Gasteiger partial charge in [0.25, 0.3) is 0 Å². The number of hydrogen-bond donors (Lipinski definition) is 0. The first-order chi connectivity index (χ1) is 12.5. The Kier molecular flexibility index (Phi) is 3.89. The second-order valence-electron chi connectivity index (χ2n) is 7.25. The lowest BCUT2D eigenvalue weighted by atomic mass is 9.81. The topological polar surface area (TPSA) is 67.1 Å². The molecule has 1 fully saturated rings.